The fourth-order valence-corrected chi connectivity index (χ4v) is 3.40. The molecule has 0 saturated carbocycles. The van der Waals surface area contributed by atoms with Gasteiger partial charge in [0, 0.05) is 24.0 Å². The van der Waals surface area contributed by atoms with E-state index in [2.05, 4.69) is 15.5 Å². The van der Waals surface area contributed by atoms with Crippen molar-refractivity contribution in [3.8, 4) is 16.9 Å². The number of carbonyl (C=O) groups excluding carboxylic acids is 1. The molecule has 0 radical (unpaired) electrons. The van der Waals surface area contributed by atoms with Gasteiger partial charge in [0.05, 0.1) is 16.9 Å². The molecule has 0 aliphatic rings. The lowest BCUT2D eigenvalue weighted by atomic mass is 10.1. The van der Waals surface area contributed by atoms with Gasteiger partial charge in [-0.2, -0.15) is 10.2 Å². The molecule has 2 N–H and O–H groups in total. The monoisotopic (exact) mass is 385 g/mol. The summed E-state index contributed by atoms with van der Waals surface area (Å²) in [7, 11) is 0. The SMILES string of the molecule is Cc1n[nH]c(C)c1CCNC(=O)c1cn(-c2ccccc2)nc1-c1ccccc1. The van der Waals surface area contributed by atoms with Gasteiger partial charge in [-0.05, 0) is 38.0 Å². The van der Waals surface area contributed by atoms with Crippen molar-refractivity contribution in [2.24, 2.45) is 0 Å². The third kappa shape index (κ3) is 3.96. The molecule has 0 aliphatic heterocycles. The molecule has 0 fully saturated rings. The normalized spacial score (nSPS) is 10.8. The van der Waals surface area contributed by atoms with Crippen molar-refractivity contribution in [2.75, 3.05) is 6.54 Å². The first kappa shape index (κ1) is 18.7. The molecule has 1 amide bonds. The molecule has 2 aromatic carbocycles. The van der Waals surface area contributed by atoms with E-state index in [4.69, 9.17) is 5.10 Å². The maximum absolute atomic E-state index is 13.0. The van der Waals surface area contributed by atoms with Crippen molar-refractivity contribution in [1.29, 1.82) is 0 Å². The second-order valence-corrected chi connectivity index (χ2v) is 6.96. The zero-order valence-electron chi connectivity index (χ0n) is 16.5. The molecular weight excluding hydrogens is 362 g/mol. The Hall–Kier alpha value is -3.67. The number of aromatic nitrogens is 4. The van der Waals surface area contributed by atoms with Crippen LogP contribution in [0.25, 0.3) is 16.9 Å². The summed E-state index contributed by atoms with van der Waals surface area (Å²) < 4.78 is 1.75. The van der Waals surface area contributed by atoms with Crippen LogP contribution in [0.2, 0.25) is 0 Å². The zero-order chi connectivity index (χ0) is 20.2. The number of carbonyl (C=O) groups is 1. The minimum Gasteiger partial charge on any atom is -0.352 e. The van der Waals surface area contributed by atoms with Crippen LogP contribution in [0.15, 0.2) is 66.9 Å². The molecular formula is C23H23N5O. The van der Waals surface area contributed by atoms with Gasteiger partial charge in [0.2, 0.25) is 0 Å². The van der Waals surface area contributed by atoms with Gasteiger partial charge in [0.15, 0.2) is 0 Å². The smallest absolute Gasteiger partial charge is 0.255 e. The number of benzene rings is 2. The maximum atomic E-state index is 13.0. The summed E-state index contributed by atoms with van der Waals surface area (Å²) in [6.07, 6.45) is 2.52. The van der Waals surface area contributed by atoms with E-state index in [9.17, 15) is 4.79 Å². The lowest BCUT2D eigenvalue weighted by molar-refractivity contribution is 0.0954. The molecule has 0 bridgehead atoms. The van der Waals surface area contributed by atoms with E-state index in [1.165, 1.54) is 0 Å². The standard InChI is InChI=1S/C23H23N5O/c1-16-20(17(2)26-25-16)13-14-24-23(29)21-15-28(19-11-7-4-8-12-19)27-22(21)18-9-5-3-6-10-18/h3-12,15H,13-14H2,1-2H3,(H,24,29)(H,25,26). The number of H-pyrrole nitrogens is 1. The molecule has 0 atom stereocenters. The first-order chi connectivity index (χ1) is 14.1. The van der Waals surface area contributed by atoms with Gasteiger partial charge in [-0.25, -0.2) is 4.68 Å². The van der Waals surface area contributed by atoms with Gasteiger partial charge in [-0.15, -0.1) is 0 Å². The lowest BCUT2D eigenvalue weighted by Crippen LogP contribution is -2.26. The Bertz CT molecular complexity index is 1090. The molecule has 2 heterocycles. The summed E-state index contributed by atoms with van der Waals surface area (Å²) >= 11 is 0. The predicted octanol–water partition coefficient (Wildman–Crippen LogP) is 3.85. The number of amides is 1. The van der Waals surface area contributed by atoms with Gasteiger partial charge in [-0.1, -0.05) is 48.5 Å². The Morgan fingerprint density at radius 2 is 1.72 bits per heavy atom. The molecule has 4 rings (SSSR count). The minimum absolute atomic E-state index is 0.134. The van der Waals surface area contributed by atoms with Crippen LogP contribution in [0.1, 0.15) is 27.3 Å². The average molecular weight is 385 g/mol. The lowest BCUT2D eigenvalue weighted by Gasteiger charge is -2.06. The fourth-order valence-electron chi connectivity index (χ4n) is 3.40. The van der Waals surface area contributed by atoms with Crippen LogP contribution >= 0.6 is 0 Å². The number of aryl methyl sites for hydroxylation is 2. The van der Waals surface area contributed by atoms with Crippen LogP contribution in [0, 0.1) is 13.8 Å². The summed E-state index contributed by atoms with van der Waals surface area (Å²) in [5, 5.41) is 14.9. The van der Waals surface area contributed by atoms with Crippen LogP contribution in [-0.2, 0) is 6.42 Å². The Morgan fingerprint density at radius 3 is 2.38 bits per heavy atom. The van der Waals surface area contributed by atoms with Crippen LogP contribution in [0.5, 0.6) is 0 Å². The molecule has 4 aromatic rings. The van der Waals surface area contributed by atoms with Gasteiger partial charge in [0.25, 0.3) is 5.91 Å². The van der Waals surface area contributed by atoms with Crippen molar-refractivity contribution >= 4 is 5.91 Å². The van der Waals surface area contributed by atoms with Crippen molar-refractivity contribution < 1.29 is 4.79 Å². The van der Waals surface area contributed by atoms with Crippen molar-refractivity contribution in [3.05, 3.63) is 89.4 Å². The zero-order valence-corrected chi connectivity index (χ0v) is 16.5. The van der Waals surface area contributed by atoms with E-state index < -0.39 is 0 Å². The largest absolute Gasteiger partial charge is 0.352 e. The van der Waals surface area contributed by atoms with Crippen molar-refractivity contribution in [1.82, 2.24) is 25.3 Å². The van der Waals surface area contributed by atoms with Gasteiger partial charge in [0.1, 0.15) is 5.69 Å². The molecule has 29 heavy (non-hydrogen) atoms. The number of hydrogen-bond acceptors (Lipinski definition) is 3. The summed E-state index contributed by atoms with van der Waals surface area (Å²) in [5.74, 6) is -0.134. The number of rotatable bonds is 6. The molecule has 6 nitrogen and oxygen atoms in total. The number of nitrogens with one attached hydrogen (secondary N) is 2. The highest BCUT2D eigenvalue weighted by atomic mass is 16.1. The molecule has 0 spiro atoms. The molecule has 0 unspecified atom stereocenters. The highest BCUT2D eigenvalue weighted by molar-refractivity contribution is 5.99. The van der Waals surface area contributed by atoms with Crippen LogP contribution in [-0.4, -0.2) is 32.4 Å². The molecule has 0 saturated heterocycles. The third-order valence-electron chi connectivity index (χ3n) is 4.97. The van der Waals surface area contributed by atoms with E-state index >= 15 is 0 Å². The molecule has 0 aliphatic carbocycles. The van der Waals surface area contributed by atoms with Gasteiger partial charge in [-0.3, -0.25) is 9.89 Å². The maximum Gasteiger partial charge on any atom is 0.255 e. The van der Waals surface area contributed by atoms with Gasteiger partial charge >= 0.3 is 0 Å². The topological polar surface area (TPSA) is 75.6 Å². The summed E-state index contributed by atoms with van der Waals surface area (Å²) in [6.45, 7) is 4.50. The quantitative estimate of drug-likeness (QED) is 0.529. The highest BCUT2D eigenvalue weighted by Crippen LogP contribution is 2.23. The highest BCUT2D eigenvalue weighted by Gasteiger charge is 2.18. The summed E-state index contributed by atoms with van der Waals surface area (Å²) in [4.78, 5) is 13.0. The Balaban J connectivity index is 1.59. The molecule has 2 aromatic heterocycles. The Kier molecular flexibility index (Phi) is 5.24. The second kappa shape index (κ2) is 8.14. The van der Waals surface area contributed by atoms with Crippen molar-refractivity contribution in [3.63, 3.8) is 0 Å². The minimum atomic E-state index is -0.134. The van der Waals surface area contributed by atoms with Gasteiger partial charge < -0.3 is 5.32 Å². The van der Waals surface area contributed by atoms with E-state index in [1.807, 2.05) is 74.5 Å². The first-order valence-corrected chi connectivity index (χ1v) is 9.62. The number of hydrogen-bond donors (Lipinski definition) is 2. The van der Waals surface area contributed by atoms with E-state index in [0.717, 1.165) is 34.6 Å². The molecule has 146 valence electrons. The van der Waals surface area contributed by atoms with E-state index in [1.54, 1.807) is 10.9 Å². The number of aromatic amines is 1. The van der Waals surface area contributed by atoms with Crippen LogP contribution in [0.4, 0.5) is 0 Å². The number of para-hydroxylation sites is 1. The summed E-state index contributed by atoms with van der Waals surface area (Å²) in [5.41, 5.74) is 6.20. The average Bonchev–Trinajstić information content (AvgIpc) is 3.34. The third-order valence-corrected chi connectivity index (χ3v) is 4.97. The van der Waals surface area contributed by atoms with E-state index in [0.29, 0.717) is 17.8 Å². The fraction of sp³-hybridized carbons (Fsp3) is 0.174. The van der Waals surface area contributed by atoms with Crippen LogP contribution < -0.4 is 5.32 Å². The molecule has 6 heteroatoms. The summed E-state index contributed by atoms with van der Waals surface area (Å²) in [6, 6.07) is 19.6. The Morgan fingerprint density at radius 1 is 1.03 bits per heavy atom. The first-order valence-electron chi connectivity index (χ1n) is 9.62. The van der Waals surface area contributed by atoms with Crippen molar-refractivity contribution in [2.45, 2.75) is 20.3 Å². The Labute approximate surface area is 169 Å². The number of nitrogens with zero attached hydrogens (tertiary/aromatic N) is 3. The predicted molar refractivity (Wildman–Crippen MR) is 113 cm³/mol. The van der Waals surface area contributed by atoms with E-state index in [-0.39, 0.29) is 5.91 Å². The second-order valence-electron chi connectivity index (χ2n) is 6.96. The van der Waals surface area contributed by atoms with Crippen LogP contribution in [0.3, 0.4) is 0 Å².